The van der Waals surface area contributed by atoms with Gasteiger partial charge >= 0.3 is 0 Å². The van der Waals surface area contributed by atoms with Crippen LogP contribution in [0.3, 0.4) is 0 Å². The molecule has 26 heavy (non-hydrogen) atoms. The van der Waals surface area contributed by atoms with E-state index in [1.807, 2.05) is 49.4 Å². The normalized spacial score (nSPS) is 17.6. The van der Waals surface area contributed by atoms with Gasteiger partial charge in [-0.2, -0.15) is 4.31 Å². The maximum Gasteiger partial charge on any atom is 0.214 e. The molecule has 1 aliphatic rings. The van der Waals surface area contributed by atoms with Crippen LogP contribution in [0.2, 0.25) is 0 Å². The van der Waals surface area contributed by atoms with Crippen LogP contribution in [0.25, 0.3) is 0 Å². The molecular weight excluding hydrogens is 350 g/mol. The number of fused-ring (bicyclic) bond motifs is 1. The predicted molar refractivity (Wildman–Crippen MR) is 102 cm³/mol. The number of methoxy groups -OCH3 is 2. The van der Waals surface area contributed by atoms with Gasteiger partial charge in [-0.25, -0.2) is 8.42 Å². The Morgan fingerprint density at radius 1 is 1.04 bits per heavy atom. The molecule has 6 heteroatoms. The lowest BCUT2D eigenvalue weighted by molar-refractivity contribution is 0.305. The summed E-state index contributed by atoms with van der Waals surface area (Å²) in [6.07, 6.45) is 1.19. The third kappa shape index (κ3) is 3.86. The standard InChI is InChI=1S/C20H25NO4S/c1-15-11-17-12-19(24-2)20(25-3)13-18(17)14-21(15)26(22,23)10-9-16-7-5-4-6-8-16/h4-8,12-13,15H,9-11,14H2,1-3H3. The van der Waals surface area contributed by atoms with Crippen LogP contribution in [0.4, 0.5) is 0 Å². The summed E-state index contributed by atoms with van der Waals surface area (Å²) in [7, 11) is -0.152. The molecule has 5 nitrogen and oxygen atoms in total. The number of nitrogens with zero attached hydrogens (tertiary/aromatic N) is 1. The van der Waals surface area contributed by atoms with E-state index in [9.17, 15) is 8.42 Å². The molecule has 2 aromatic carbocycles. The molecule has 0 N–H and O–H groups in total. The summed E-state index contributed by atoms with van der Waals surface area (Å²) in [5, 5.41) is 0. The molecule has 2 aromatic rings. The summed E-state index contributed by atoms with van der Waals surface area (Å²) >= 11 is 0. The Bertz CT molecular complexity index is 865. The zero-order valence-corrected chi connectivity index (χ0v) is 16.3. The van der Waals surface area contributed by atoms with Crippen molar-refractivity contribution in [1.29, 1.82) is 0 Å². The molecule has 0 bridgehead atoms. The fourth-order valence-corrected chi connectivity index (χ4v) is 5.11. The zero-order chi connectivity index (χ0) is 18.7. The van der Waals surface area contributed by atoms with E-state index in [4.69, 9.17) is 9.47 Å². The summed E-state index contributed by atoms with van der Waals surface area (Å²) in [6.45, 7) is 2.33. The average molecular weight is 375 g/mol. The maximum atomic E-state index is 12.9. The van der Waals surface area contributed by atoms with E-state index in [0.29, 0.717) is 30.9 Å². The van der Waals surface area contributed by atoms with Gasteiger partial charge in [-0.1, -0.05) is 30.3 Å². The monoisotopic (exact) mass is 375 g/mol. The van der Waals surface area contributed by atoms with Crippen LogP contribution >= 0.6 is 0 Å². The van der Waals surface area contributed by atoms with Gasteiger partial charge in [-0.15, -0.1) is 0 Å². The second-order valence-corrected chi connectivity index (χ2v) is 8.67. The minimum atomic E-state index is -3.35. The smallest absolute Gasteiger partial charge is 0.214 e. The van der Waals surface area contributed by atoms with Gasteiger partial charge in [-0.05, 0) is 48.6 Å². The molecule has 1 unspecified atom stereocenters. The molecule has 0 fully saturated rings. The van der Waals surface area contributed by atoms with Gasteiger partial charge in [0, 0.05) is 12.6 Å². The van der Waals surface area contributed by atoms with Crippen LogP contribution in [0.15, 0.2) is 42.5 Å². The molecule has 0 saturated heterocycles. The molecule has 140 valence electrons. The van der Waals surface area contributed by atoms with Crippen molar-refractivity contribution in [1.82, 2.24) is 4.31 Å². The molecule has 1 aliphatic heterocycles. The summed E-state index contributed by atoms with van der Waals surface area (Å²) in [6, 6.07) is 13.5. The Labute approximate surface area is 155 Å². The van der Waals surface area contributed by atoms with Crippen molar-refractivity contribution in [2.24, 2.45) is 0 Å². The highest BCUT2D eigenvalue weighted by molar-refractivity contribution is 7.89. The lowest BCUT2D eigenvalue weighted by atomic mass is 9.96. The summed E-state index contributed by atoms with van der Waals surface area (Å²) in [4.78, 5) is 0. The Kier molecular flexibility index (Phi) is 5.53. The van der Waals surface area contributed by atoms with Gasteiger partial charge in [0.1, 0.15) is 0 Å². The van der Waals surface area contributed by atoms with E-state index in [1.165, 1.54) is 0 Å². The largest absolute Gasteiger partial charge is 0.493 e. The first-order valence-corrected chi connectivity index (χ1v) is 10.3. The molecule has 3 rings (SSSR count). The second-order valence-electron chi connectivity index (χ2n) is 6.63. The number of hydrogen-bond acceptors (Lipinski definition) is 4. The Morgan fingerprint density at radius 3 is 2.27 bits per heavy atom. The predicted octanol–water partition coefficient (Wildman–Crippen LogP) is 3.02. The molecule has 0 aliphatic carbocycles. The van der Waals surface area contributed by atoms with Crippen molar-refractivity contribution < 1.29 is 17.9 Å². The SMILES string of the molecule is COc1cc2c(cc1OC)CN(S(=O)(=O)CCc1ccccc1)C(C)C2. The van der Waals surface area contributed by atoms with Crippen molar-refractivity contribution in [3.05, 3.63) is 59.2 Å². The lowest BCUT2D eigenvalue weighted by Crippen LogP contribution is -2.43. The zero-order valence-electron chi connectivity index (χ0n) is 15.4. The van der Waals surface area contributed by atoms with Crippen LogP contribution in [0, 0.1) is 0 Å². The number of rotatable bonds is 6. The van der Waals surface area contributed by atoms with Crippen LogP contribution in [-0.2, 0) is 29.4 Å². The van der Waals surface area contributed by atoms with Crippen LogP contribution in [0.1, 0.15) is 23.6 Å². The lowest BCUT2D eigenvalue weighted by Gasteiger charge is -2.34. The second kappa shape index (κ2) is 7.68. The van der Waals surface area contributed by atoms with Crippen molar-refractivity contribution in [2.75, 3.05) is 20.0 Å². The van der Waals surface area contributed by atoms with Crippen LogP contribution < -0.4 is 9.47 Å². The van der Waals surface area contributed by atoms with Gasteiger partial charge in [0.05, 0.1) is 20.0 Å². The fraction of sp³-hybridized carbons (Fsp3) is 0.400. The molecular formula is C20H25NO4S. The number of hydrogen-bond donors (Lipinski definition) is 0. The molecule has 0 aromatic heterocycles. The minimum absolute atomic E-state index is 0.0821. The highest BCUT2D eigenvalue weighted by Gasteiger charge is 2.32. The minimum Gasteiger partial charge on any atom is -0.493 e. The first-order chi connectivity index (χ1) is 12.4. The van der Waals surface area contributed by atoms with Crippen LogP contribution in [-0.4, -0.2) is 38.7 Å². The van der Waals surface area contributed by atoms with Crippen molar-refractivity contribution in [3.8, 4) is 11.5 Å². The third-order valence-electron chi connectivity index (χ3n) is 4.89. The Morgan fingerprint density at radius 2 is 1.65 bits per heavy atom. The quantitative estimate of drug-likeness (QED) is 0.779. The summed E-state index contributed by atoms with van der Waals surface area (Å²) in [5.74, 6) is 1.42. The molecule has 0 spiro atoms. The van der Waals surface area contributed by atoms with E-state index in [-0.39, 0.29) is 11.8 Å². The topological polar surface area (TPSA) is 55.8 Å². The molecule has 0 saturated carbocycles. The van der Waals surface area contributed by atoms with Crippen molar-refractivity contribution >= 4 is 10.0 Å². The molecule has 1 heterocycles. The first kappa shape index (κ1) is 18.7. The summed E-state index contributed by atoms with van der Waals surface area (Å²) < 4.78 is 38.2. The van der Waals surface area contributed by atoms with Gasteiger partial charge in [-0.3, -0.25) is 0 Å². The van der Waals surface area contributed by atoms with Crippen molar-refractivity contribution in [3.63, 3.8) is 0 Å². The number of sulfonamides is 1. The fourth-order valence-electron chi connectivity index (χ4n) is 3.43. The number of ether oxygens (including phenoxy) is 2. The van der Waals surface area contributed by atoms with Crippen molar-refractivity contribution in [2.45, 2.75) is 32.4 Å². The average Bonchev–Trinajstić information content (AvgIpc) is 2.65. The van der Waals surface area contributed by atoms with E-state index < -0.39 is 10.0 Å². The first-order valence-electron chi connectivity index (χ1n) is 8.72. The molecule has 0 amide bonds. The van der Waals surface area contributed by atoms with E-state index >= 15 is 0 Å². The number of aryl methyl sites for hydroxylation is 1. The van der Waals surface area contributed by atoms with Gasteiger partial charge in [0.15, 0.2) is 11.5 Å². The highest BCUT2D eigenvalue weighted by Crippen LogP contribution is 2.35. The van der Waals surface area contributed by atoms with E-state index in [1.54, 1.807) is 18.5 Å². The molecule has 0 radical (unpaired) electrons. The Hall–Kier alpha value is -2.05. The van der Waals surface area contributed by atoms with E-state index in [0.717, 1.165) is 16.7 Å². The Balaban J connectivity index is 1.81. The van der Waals surface area contributed by atoms with Gasteiger partial charge in [0.2, 0.25) is 10.0 Å². The summed E-state index contributed by atoms with van der Waals surface area (Å²) in [5.41, 5.74) is 3.13. The maximum absolute atomic E-state index is 12.9. The highest BCUT2D eigenvalue weighted by atomic mass is 32.2. The molecule has 1 atom stereocenters. The number of benzene rings is 2. The van der Waals surface area contributed by atoms with Crippen LogP contribution in [0.5, 0.6) is 11.5 Å². The van der Waals surface area contributed by atoms with Gasteiger partial charge in [0.25, 0.3) is 0 Å². The third-order valence-corrected chi connectivity index (χ3v) is 6.81. The van der Waals surface area contributed by atoms with E-state index in [2.05, 4.69) is 0 Å². The van der Waals surface area contributed by atoms with Gasteiger partial charge < -0.3 is 9.47 Å².